The van der Waals surface area contributed by atoms with Crippen LogP contribution in [0.1, 0.15) is 17.2 Å². The van der Waals surface area contributed by atoms with E-state index in [-0.39, 0.29) is 5.82 Å². The van der Waals surface area contributed by atoms with Gasteiger partial charge in [0.2, 0.25) is 0 Å². The van der Waals surface area contributed by atoms with Crippen LogP contribution in [0.2, 0.25) is 0 Å². The maximum absolute atomic E-state index is 13.6. The summed E-state index contributed by atoms with van der Waals surface area (Å²) in [5, 5.41) is 7.01. The van der Waals surface area contributed by atoms with E-state index in [0.29, 0.717) is 31.2 Å². The van der Waals surface area contributed by atoms with Crippen LogP contribution in [0.15, 0.2) is 67.1 Å². The van der Waals surface area contributed by atoms with Crippen molar-refractivity contribution in [2.24, 2.45) is 0 Å². The number of nitrogens with zero attached hydrogens (tertiary/aromatic N) is 6. The first-order chi connectivity index (χ1) is 16.1. The first-order valence-electron chi connectivity index (χ1n) is 10.5. The van der Waals surface area contributed by atoms with E-state index in [4.69, 9.17) is 11.8 Å². The quantitative estimate of drug-likeness (QED) is 0.348. The van der Waals surface area contributed by atoms with Gasteiger partial charge in [-0.05, 0) is 54.4 Å². The average Bonchev–Trinajstić information content (AvgIpc) is 3.43. The number of H-pyrrole nitrogens is 1. The van der Waals surface area contributed by atoms with Gasteiger partial charge in [0.05, 0.1) is 17.4 Å². The fraction of sp³-hybridized carbons (Fsp3) is 0.167. The minimum atomic E-state index is -0.250. The molecule has 0 unspecified atom stereocenters. The highest BCUT2D eigenvalue weighted by molar-refractivity contribution is 6.26. The molecule has 0 saturated carbocycles. The Hall–Kier alpha value is -3.78. The predicted octanol–water partition coefficient (Wildman–Crippen LogP) is 4.92. The fourth-order valence-corrected chi connectivity index (χ4v) is 4.02. The van der Waals surface area contributed by atoms with Gasteiger partial charge in [-0.2, -0.15) is 5.10 Å². The molecule has 3 heterocycles. The summed E-state index contributed by atoms with van der Waals surface area (Å²) >= 11 is 6.62. The Morgan fingerprint density at radius 1 is 1.09 bits per heavy atom. The summed E-state index contributed by atoms with van der Waals surface area (Å²) in [6.07, 6.45) is 4.08. The second kappa shape index (κ2) is 8.99. The van der Waals surface area contributed by atoms with Gasteiger partial charge in [-0.25, -0.2) is 19.3 Å². The summed E-state index contributed by atoms with van der Waals surface area (Å²) in [6.45, 7) is 2.89. The molecule has 0 saturated heterocycles. The average molecular weight is 462 g/mol. The molecular weight excluding hydrogens is 441 g/mol. The van der Waals surface area contributed by atoms with Crippen molar-refractivity contribution < 1.29 is 4.39 Å². The maximum Gasteiger partial charge on any atom is 0.152 e. The van der Waals surface area contributed by atoms with Crippen molar-refractivity contribution in [2.45, 2.75) is 19.9 Å². The summed E-state index contributed by atoms with van der Waals surface area (Å²) in [4.78, 5) is 13.3. The standard InChI is InChI=1S/C24H21ClFN7/c1-16-29-23(31-30-16)9-11-33(25)24-20(6-3-10-27-24)18-7-8-21-22(13-18)32(15-28-21)14-17-4-2-5-19(26)12-17/h2-8,10,12-13,15H,9,11,14H2,1H3,(H,29,30,31). The molecule has 2 aromatic carbocycles. The van der Waals surface area contributed by atoms with E-state index in [1.54, 1.807) is 23.0 Å². The van der Waals surface area contributed by atoms with Crippen molar-refractivity contribution in [2.75, 3.05) is 11.0 Å². The van der Waals surface area contributed by atoms with E-state index in [2.05, 4.69) is 31.2 Å². The number of aromatic nitrogens is 6. The highest BCUT2D eigenvalue weighted by atomic mass is 35.5. The molecule has 9 heteroatoms. The number of fused-ring (bicyclic) bond motifs is 1. The van der Waals surface area contributed by atoms with Gasteiger partial charge in [0.25, 0.3) is 0 Å². The lowest BCUT2D eigenvalue weighted by atomic mass is 10.1. The first-order valence-corrected chi connectivity index (χ1v) is 10.9. The molecule has 33 heavy (non-hydrogen) atoms. The predicted molar refractivity (Wildman–Crippen MR) is 126 cm³/mol. The monoisotopic (exact) mass is 461 g/mol. The topological polar surface area (TPSA) is 75.5 Å². The Labute approximate surface area is 195 Å². The number of anilines is 1. The molecule has 0 bridgehead atoms. The number of aromatic amines is 1. The van der Waals surface area contributed by atoms with Gasteiger partial charge in [0.15, 0.2) is 11.6 Å². The van der Waals surface area contributed by atoms with Crippen LogP contribution in [0, 0.1) is 12.7 Å². The van der Waals surface area contributed by atoms with E-state index in [1.165, 1.54) is 12.1 Å². The van der Waals surface area contributed by atoms with Crippen molar-refractivity contribution in [3.63, 3.8) is 0 Å². The van der Waals surface area contributed by atoms with Crippen LogP contribution in [0.4, 0.5) is 10.2 Å². The van der Waals surface area contributed by atoms with E-state index in [9.17, 15) is 4.39 Å². The molecule has 0 radical (unpaired) electrons. The molecule has 3 aromatic heterocycles. The zero-order chi connectivity index (χ0) is 22.8. The summed E-state index contributed by atoms with van der Waals surface area (Å²) < 4.78 is 17.2. The lowest BCUT2D eigenvalue weighted by Gasteiger charge is -2.18. The van der Waals surface area contributed by atoms with Crippen molar-refractivity contribution in [1.29, 1.82) is 0 Å². The number of benzene rings is 2. The number of aryl methyl sites for hydroxylation is 1. The summed E-state index contributed by atoms with van der Waals surface area (Å²) in [6, 6.07) is 16.5. The number of pyridine rings is 1. The Bertz CT molecular complexity index is 1410. The summed E-state index contributed by atoms with van der Waals surface area (Å²) in [5.74, 6) is 1.88. The summed E-state index contributed by atoms with van der Waals surface area (Å²) in [7, 11) is 0. The zero-order valence-corrected chi connectivity index (χ0v) is 18.7. The van der Waals surface area contributed by atoms with Gasteiger partial charge < -0.3 is 4.57 Å². The molecular formula is C24H21ClFN7. The maximum atomic E-state index is 13.6. The lowest BCUT2D eigenvalue weighted by Crippen LogP contribution is -2.17. The normalized spacial score (nSPS) is 11.2. The molecule has 0 aliphatic carbocycles. The molecule has 0 aliphatic heterocycles. The van der Waals surface area contributed by atoms with E-state index in [0.717, 1.165) is 33.5 Å². The minimum Gasteiger partial charge on any atom is -0.326 e. The molecule has 0 aliphatic rings. The van der Waals surface area contributed by atoms with Crippen LogP contribution in [0.25, 0.3) is 22.2 Å². The molecule has 166 valence electrons. The minimum absolute atomic E-state index is 0.250. The Morgan fingerprint density at radius 3 is 2.82 bits per heavy atom. The third-order valence-electron chi connectivity index (χ3n) is 5.37. The van der Waals surface area contributed by atoms with Gasteiger partial charge in [-0.3, -0.25) is 9.52 Å². The fourth-order valence-electron chi connectivity index (χ4n) is 3.80. The number of rotatable bonds is 7. The molecule has 0 atom stereocenters. The van der Waals surface area contributed by atoms with Crippen LogP contribution in [0.3, 0.4) is 0 Å². The largest absolute Gasteiger partial charge is 0.326 e. The number of halogens is 2. The molecule has 0 amide bonds. The Balaban J connectivity index is 1.44. The van der Waals surface area contributed by atoms with Gasteiger partial charge in [0.1, 0.15) is 11.6 Å². The molecule has 5 rings (SSSR count). The Kier molecular flexibility index (Phi) is 5.75. The Morgan fingerprint density at radius 2 is 2.00 bits per heavy atom. The lowest BCUT2D eigenvalue weighted by molar-refractivity contribution is 0.624. The second-order valence-corrected chi connectivity index (χ2v) is 8.16. The number of nitrogens with one attached hydrogen (secondary N) is 1. The number of hydrogen-bond donors (Lipinski definition) is 1. The first kappa shape index (κ1) is 21.1. The second-order valence-electron chi connectivity index (χ2n) is 7.75. The van der Waals surface area contributed by atoms with Gasteiger partial charge >= 0.3 is 0 Å². The van der Waals surface area contributed by atoms with Crippen molar-refractivity contribution in [3.8, 4) is 11.1 Å². The molecule has 5 aromatic rings. The van der Waals surface area contributed by atoms with Gasteiger partial charge in [-0.1, -0.05) is 18.2 Å². The molecule has 7 nitrogen and oxygen atoms in total. The van der Waals surface area contributed by atoms with Gasteiger partial charge in [-0.15, -0.1) is 0 Å². The van der Waals surface area contributed by atoms with Crippen LogP contribution in [-0.2, 0) is 13.0 Å². The van der Waals surface area contributed by atoms with Crippen molar-refractivity contribution in [3.05, 3.63) is 90.2 Å². The smallest absolute Gasteiger partial charge is 0.152 e. The third-order valence-corrected chi connectivity index (χ3v) is 5.69. The summed E-state index contributed by atoms with van der Waals surface area (Å²) in [5.41, 5.74) is 4.55. The SMILES string of the molecule is Cc1nc(CCN(Cl)c2ncccc2-c2ccc3ncn(Cc4cccc(F)c4)c3c2)n[nH]1. The van der Waals surface area contributed by atoms with E-state index < -0.39 is 0 Å². The molecule has 0 spiro atoms. The van der Waals surface area contributed by atoms with E-state index in [1.807, 2.05) is 41.8 Å². The molecule has 1 N–H and O–H groups in total. The van der Waals surface area contributed by atoms with Crippen LogP contribution < -0.4 is 4.42 Å². The molecule has 0 fully saturated rings. The van der Waals surface area contributed by atoms with Crippen molar-refractivity contribution >= 4 is 28.6 Å². The number of hydrogen-bond acceptors (Lipinski definition) is 5. The zero-order valence-electron chi connectivity index (χ0n) is 17.9. The van der Waals surface area contributed by atoms with Crippen LogP contribution >= 0.6 is 11.8 Å². The van der Waals surface area contributed by atoms with E-state index >= 15 is 0 Å². The van der Waals surface area contributed by atoms with Crippen molar-refractivity contribution in [1.82, 2.24) is 29.7 Å². The van der Waals surface area contributed by atoms with Crippen LogP contribution in [-0.4, -0.2) is 36.3 Å². The highest BCUT2D eigenvalue weighted by Gasteiger charge is 2.15. The van der Waals surface area contributed by atoms with Gasteiger partial charge in [0, 0.05) is 43.0 Å². The van der Waals surface area contributed by atoms with Crippen LogP contribution in [0.5, 0.6) is 0 Å². The highest BCUT2D eigenvalue weighted by Crippen LogP contribution is 2.32. The number of imidazole rings is 1. The third kappa shape index (κ3) is 4.56.